The number of nitrogens with one attached hydrogen (secondary N) is 1. The average molecular weight is 544 g/mol. The molecule has 0 saturated carbocycles. The summed E-state index contributed by atoms with van der Waals surface area (Å²) in [6.07, 6.45) is 3.83. The Labute approximate surface area is 225 Å². The second-order valence-corrected chi connectivity index (χ2v) is 11.5. The fourth-order valence-electron chi connectivity index (χ4n) is 5.38. The molecule has 0 aliphatic carbocycles. The Hall–Kier alpha value is -2.73. The van der Waals surface area contributed by atoms with Gasteiger partial charge in [0.15, 0.2) is 11.5 Å². The second-order valence-electron chi connectivity index (χ2n) is 9.09. The molecule has 186 valence electrons. The number of alkyl halides is 3. The zero-order chi connectivity index (χ0) is 24.9. The molecule has 0 fully saturated rings. The molecule has 0 bridgehead atoms. The van der Waals surface area contributed by atoms with Crippen molar-refractivity contribution in [3.05, 3.63) is 82.4 Å². The summed E-state index contributed by atoms with van der Waals surface area (Å²) in [5.41, 5.74) is 7.31. The number of rotatable bonds is 5. The molecule has 8 heteroatoms. The summed E-state index contributed by atoms with van der Waals surface area (Å²) in [6, 6.07) is 18.0. The van der Waals surface area contributed by atoms with Gasteiger partial charge in [-0.1, -0.05) is 71.2 Å². The molecule has 3 aliphatic heterocycles. The molecular weight excluding hydrogens is 519 g/mol. The minimum Gasteiger partial charge on any atom is -0.495 e. The molecule has 0 aromatic heterocycles. The molecule has 3 aromatic rings. The number of halogens is 3. The third kappa shape index (κ3) is 4.13. The quantitative estimate of drug-likeness (QED) is 0.356. The third-order valence-electron chi connectivity index (χ3n) is 7.01. The van der Waals surface area contributed by atoms with E-state index in [-0.39, 0.29) is 6.79 Å². The van der Waals surface area contributed by atoms with Crippen molar-refractivity contribution in [1.82, 2.24) is 4.90 Å². The van der Waals surface area contributed by atoms with Crippen molar-refractivity contribution in [1.29, 1.82) is 0 Å². The van der Waals surface area contributed by atoms with Crippen LogP contribution in [-0.4, -0.2) is 35.7 Å². The molecule has 6 rings (SSSR count). The van der Waals surface area contributed by atoms with E-state index in [4.69, 9.17) is 49.0 Å². The molecule has 0 unspecified atom stereocenters. The second kappa shape index (κ2) is 9.29. The normalized spacial score (nSPS) is 17.6. The van der Waals surface area contributed by atoms with Crippen molar-refractivity contribution in [2.75, 3.05) is 32.3 Å². The minimum atomic E-state index is -1.58. The van der Waals surface area contributed by atoms with E-state index in [0.29, 0.717) is 13.1 Å². The number of hydrogen-bond donors (Lipinski definition) is 1. The van der Waals surface area contributed by atoms with Gasteiger partial charge in [0.25, 0.3) is 0 Å². The van der Waals surface area contributed by atoms with E-state index < -0.39 is 9.83 Å². The van der Waals surface area contributed by atoms with Crippen molar-refractivity contribution < 1.29 is 14.2 Å². The van der Waals surface area contributed by atoms with Gasteiger partial charge in [-0.25, -0.2) is 0 Å². The summed E-state index contributed by atoms with van der Waals surface area (Å²) in [5.74, 6) is 2.25. The molecular formula is C28H25Cl3N2O3. The maximum Gasteiger partial charge on any atom is 0.231 e. The number of fused-ring (bicyclic) bond motifs is 5. The maximum absolute atomic E-state index is 6.73. The van der Waals surface area contributed by atoms with E-state index in [0.717, 1.165) is 58.2 Å². The lowest BCUT2D eigenvalue weighted by atomic mass is 9.86. The van der Waals surface area contributed by atoms with Gasteiger partial charge >= 0.3 is 0 Å². The van der Waals surface area contributed by atoms with E-state index in [9.17, 15) is 0 Å². The van der Waals surface area contributed by atoms with Gasteiger partial charge in [0.2, 0.25) is 10.6 Å². The summed E-state index contributed by atoms with van der Waals surface area (Å²) < 4.78 is 15.4. The van der Waals surface area contributed by atoms with Crippen molar-refractivity contribution in [3.63, 3.8) is 0 Å². The van der Waals surface area contributed by atoms with Crippen LogP contribution in [0.3, 0.4) is 0 Å². The number of ether oxygens (including phenoxy) is 3. The van der Waals surface area contributed by atoms with Crippen LogP contribution in [0.2, 0.25) is 0 Å². The molecule has 3 heterocycles. The Bertz CT molecular complexity index is 1340. The first-order valence-corrected chi connectivity index (χ1v) is 13.0. The van der Waals surface area contributed by atoms with Crippen molar-refractivity contribution >= 4 is 52.3 Å². The molecule has 5 nitrogen and oxygen atoms in total. The van der Waals surface area contributed by atoms with Crippen molar-refractivity contribution in [2.45, 2.75) is 22.7 Å². The van der Waals surface area contributed by atoms with Crippen LogP contribution in [0.15, 0.2) is 54.6 Å². The Morgan fingerprint density at radius 3 is 2.58 bits per heavy atom. The van der Waals surface area contributed by atoms with Crippen molar-refractivity contribution in [3.8, 4) is 17.2 Å². The van der Waals surface area contributed by atoms with Gasteiger partial charge in [0.05, 0.1) is 12.8 Å². The zero-order valence-corrected chi connectivity index (χ0v) is 22.0. The Morgan fingerprint density at radius 1 is 1.06 bits per heavy atom. The van der Waals surface area contributed by atoms with Gasteiger partial charge in [-0.3, -0.25) is 0 Å². The van der Waals surface area contributed by atoms with E-state index in [1.54, 1.807) is 7.11 Å². The SMILES string of the molecule is COc1ccc2c(c1NCCc1ccccc1)[C@H](C(Cl)(Cl)Cl)N1CCc3cc4c(cc3C1=C2)OCO4. The average Bonchev–Trinajstić information content (AvgIpc) is 3.33. The molecule has 1 N–H and O–H groups in total. The Balaban J connectivity index is 1.45. The smallest absolute Gasteiger partial charge is 0.231 e. The summed E-state index contributed by atoms with van der Waals surface area (Å²) in [5, 5.41) is 3.60. The minimum absolute atomic E-state index is 0.235. The molecule has 0 radical (unpaired) electrons. The van der Waals surface area contributed by atoms with Crippen molar-refractivity contribution in [2.24, 2.45) is 0 Å². The predicted octanol–water partition coefficient (Wildman–Crippen LogP) is 6.86. The highest BCUT2D eigenvalue weighted by Crippen LogP contribution is 2.55. The first kappa shape index (κ1) is 23.7. The highest BCUT2D eigenvalue weighted by atomic mass is 35.6. The molecule has 3 aromatic carbocycles. The summed E-state index contributed by atoms with van der Waals surface area (Å²) >= 11 is 20.2. The van der Waals surface area contributed by atoms with E-state index in [1.807, 2.05) is 36.4 Å². The maximum atomic E-state index is 6.73. The number of nitrogens with zero attached hydrogens (tertiary/aromatic N) is 1. The lowest BCUT2D eigenvalue weighted by molar-refractivity contribution is 0.174. The van der Waals surface area contributed by atoms with Crippen LogP contribution in [-0.2, 0) is 12.8 Å². The predicted molar refractivity (Wildman–Crippen MR) is 146 cm³/mol. The monoisotopic (exact) mass is 542 g/mol. The summed E-state index contributed by atoms with van der Waals surface area (Å²) in [6.45, 7) is 1.65. The van der Waals surface area contributed by atoms with Gasteiger partial charge in [-0.15, -0.1) is 0 Å². The summed E-state index contributed by atoms with van der Waals surface area (Å²) in [4.78, 5) is 2.20. The standard InChI is InChI=1S/C28H25Cl3N2O3/c1-34-22-8-7-19-13-21-20-15-24-23(35-16-36-24)14-18(20)10-12-33(21)27(28(29,30)31)25(19)26(22)32-11-9-17-5-3-2-4-6-17/h2-8,13-15,27,32H,9-12,16H2,1H3/t27-/m1/s1. The van der Waals surface area contributed by atoms with Crippen LogP contribution in [0.5, 0.6) is 17.2 Å². The fourth-order valence-corrected chi connectivity index (χ4v) is 6.06. The highest BCUT2D eigenvalue weighted by molar-refractivity contribution is 6.68. The first-order chi connectivity index (χ1) is 17.4. The van der Waals surface area contributed by atoms with Crippen LogP contribution in [0.25, 0.3) is 11.8 Å². The molecule has 36 heavy (non-hydrogen) atoms. The number of hydrogen-bond acceptors (Lipinski definition) is 5. The van der Waals surface area contributed by atoms with E-state index in [2.05, 4.69) is 34.5 Å². The Kier molecular flexibility index (Phi) is 6.11. The third-order valence-corrected chi connectivity index (χ3v) is 7.63. The molecule has 1 atom stereocenters. The topological polar surface area (TPSA) is 43.0 Å². The van der Waals surface area contributed by atoms with Gasteiger partial charge in [0, 0.05) is 29.9 Å². The Morgan fingerprint density at radius 2 is 1.83 bits per heavy atom. The molecule has 0 saturated heterocycles. The number of benzene rings is 3. The lowest BCUT2D eigenvalue weighted by Crippen LogP contribution is -2.41. The van der Waals surface area contributed by atoms with Crippen LogP contribution in [0.4, 0.5) is 5.69 Å². The van der Waals surface area contributed by atoms with Gasteiger partial charge < -0.3 is 24.4 Å². The van der Waals surface area contributed by atoms with E-state index in [1.165, 1.54) is 11.1 Å². The van der Waals surface area contributed by atoms with Gasteiger partial charge in [-0.2, -0.15) is 0 Å². The van der Waals surface area contributed by atoms with Crippen LogP contribution in [0.1, 0.15) is 33.9 Å². The fraction of sp³-hybridized carbons (Fsp3) is 0.286. The van der Waals surface area contributed by atoms with E-state index >= 15 is 0 Å². The molecule has 0 amide bonds. The largest absolute Gasteiger partial charge is 0.495 e. The van der Waals surface area contributed by atoms with Crippen LogP contribution < -0.4 is 19.5 Å². The van der Waals surface area contributed by atoms with Crippen LogP contribution in [0, 0.1) is 0 Å². The number of anilines is 1. The summed E-state index contributed by atoms with van der Waals surface area (Å²) in [7, 11) is 1.67. The number of methoxy groups -OCH3 is 1. The zero-order valence-electron chi connectivity index (χ0n) is 19.7. The van der Waals surface area contributed by atoms with Gasteiger partial charge in [0.1, 0.15) is 11.8 Å². The first-order valence-electron chi connectivity index (χ1n) is 11.9. The molecule has 3 aliphatic rings. The molecule has 0 spiro atoms. The van der Waals surface area contributed by atoms with Crippen LogP contribution >= 0.6 is 34.8 Å². The van der Waals surface area contributed by atoms with Gasteiger partial charge in [-0.05, 0) is 53.8 Å². The lowest BCUT2D eigenvalue weighted by Gasteiger charge is -2.46. The highest BCUT2D eigenvalue weighted by Gasteiger charge is 2.46.